The van der Waals surface area contributed by atoms with Gasteiger partial charge in [-0.2, -0.15) is 13.4 Å². The van der Waals surface area contributed by atoms with Crippen molar-refractivity contribution in [1.29, 1.82) is 0 Å². The highest BCUT2D eigenvalue weighted by atomic mass is 32.2. The molecule has 1 aliphatic heterocycles. The van der Waals surface area contributed by atoms with Gasteiger partial charge in [0.15, 0.2) is 6.61 Å². The third kappa shape index (κ3) is 3.21. The van der Waals surface area contributed by atoms with Crippen molar-refractivity contribution in [3.63, 3.8) is 0 Å². The van der Waals surface area contributed by atoms with E-state index in [-0.39, 0.29) is 23.8 Å². The van der Waals surface area contributed by atoms with Crippen LogP contribution in [0.5, 0.6) is 0 Å². The summed E-state index contributed by atoms with van der Waals surface area (Å²) in [6, 6.07) is 3.70. The molecule has 1 aliphatic rings. The van der Waals surface area contributed by atoms with Gasteiger partial charge in [0.1, 0.15) is 0 Å². The topological polar surface area (TPSA) is 115 Å². The second-order valence-corrected chi connectivity index (χ2v) is 7.38. The van der Waals surface area contributed by atoms with Gasteiger partial charge in [0.25, 0.3) is 5.89 Å². The molecule has 0 saturated heterocycles. The number of aromatic nitrogens is 2. The molecule has 2 aromatic heterocycles. The maximum atomic E-state index is 12.1. The Kier molecular flexibility index (Phi) is 4.20. The van der Waals surface area contributed by atoms with Crippen LogP contribution in [0.3, 0.4) is 0 Å². The predicted octanol–water partition coefficient (Wildman–Crippen LogP) is 1.38. The Labute approximate surface area is 141 Å². The SMILES string of the molecule is CC1=NS(=O)(=O)N(C)C=C1C(=O)OCc1nc(-c2cccs2)no1. The fourth-order valence-corrected chi connectivity index (χ4v) is 3.31. The van der Waals surface area contributed by atoms with E-state index in [0.29, 0.717) is 5.82 Å². The molecule has 0 atom stereocenters. The van der Waals surface area contributed by atoms with Crippen molar-refractivity contribution in [1.82, 2.24) is 14.4 Å². The van der Waals surface area contributed by atoms with Crippen LogP contribution in [-0.4, -0.2) is 41.6 Å². The van der Waals surface area contributed by atoms with E-state index in [1.807, 2.05) is 17.5 Å². The first-order chi connectivity index (χ1) is 11.4. The summed E-state index contributed by atoms with van der Waals surface area (Å²) in [6.07, 6.45) is 1.16. The molecule has 0 bridgehead atoms. The van der Waals surface area contributed by atoms with E-state index in [0.717, 1.165) is 15.4 Å². The molecule has 0 radical (unpaired) electrons. The molecule has 3 rings (SSSR count). The molecule has 9 nitrogen and oxygen atoms in total. The number of thiophene rings is 1. The highest BCUT2D eigenvalue weighted by Crippen LogP contribution is 2.21. The lowest BCUT2D eigenvalue weighted by Crippen LogP contribution is -2.29. The molecule has 24 heavy (non-hydrogen) atoms. The van der Waals surface area contributed by atoms with Crippen LogP contribution in [0.15, 0.2) is 38.2 Å². The average Bonchev–Trinajstić information content (AvgIpc) is 3.18. The number of nitrogens with zero attached hydrogens (tertiary/aromatic N) is 4. The van der Waals surface area contributed by atoms with E-state index in [9.17, 15) is 13.2 Å². The predicted molar refractivity (Wildman–Crippen MR) is 85.3 cm³/mol. The molecule has 0 unspecified atom stereocenters. The first kappa shape index (κ1) is 16.3. The third-order valence-electron chi connectivity index (χ3n) is 3.07. The van der Waals surface area contributed by atoms with Crippen LogP contribution in [0.1, 0.15) is 12.8 Å². The van der Waals surface area contributed by atoms with E-state index >= 15 is 0 Å². The average molecular weight is 368 g/mol. The van der Waals surface area contributed by atoms with Crippen LogP contribution in [0, 0.1) is 0 Å². The first-order valence-corrected chi connectivity index (χ1v) is 8.95. The number of ether oxygens (including phenoxy) is 1. The molecule has 0 aliphatic carbocycles. The first-order valence-electron chi connectivity index (χ1n) is 6.67. The van der Waals surface area contributed by atoms with Crippen LogP contribution < -0.4 is 0 Å². The van der Waals surface area contributed by atoms with Crippen LogP contribution in [0.4, 0.5) is 0 Å². The van der Waals surface area contributed by atoms with Gasteiger partial charge < -0.3 is 9.26 Å². The van der Waals surface area contributed by atoms with E-state index in [1.54, 1.807) is 0 Å². The zero-order valence-electron chi connectivity index (χ0n) is 12.7. The fourth-order valence-electron chi connectivity index (χ4n) is 1.85. The molecule has 0 N–H and O–H groups in total. The van der Waals surface area contributed by atoms with Gasteiger partial charge in [-0.3, -0.25) is 4.31 Å². The maximum absolute atomic E-state index is 12.1. The standard InChI is InChI=1S/C13H12N4O5S2/c1-8-9(6-17(2)24(19,20)16-8)13(18)21-7-11-14-12(15-22-11)10-4-3-5-23-10/h3-6H,7H2,1-2H3. The summed E-state index contributed by atoms with van der Waals surface area (Å²) in [4.78, 5) is 17.1. The summed E-state index contributed by atoms with van der Waals surface area (Å²) in [5.41, 5.74) is 0.105. The van der Waals surface area contributed by atoms with Gasteiger partial charge in [-0.15, -0.1) is 15.7 Å². The Morgan fingerprint density at radius 1 is 1.46 bits per heavy atom. The van der Waals surface area contributed by atoms with Crippen LogP contribution in [-0.2, 0) is 26.3 Å². The highest BCUT2D eigenvalue weighted by Gasteiger charge is 2.26. The summed E-state index contributed by atoms with van der Waals surface area (Å²) in [7, 11) is -2.49. The largest absolute Gasteiger partial charge is 0.452 e. The molecule has 0 spiro atoms. The lowest BCUT2D eigenvalue weighted by molar-refractivity contribution is -0.140. The number of hydrogen-bond acceptors (Lipinski definition) is 8. The van der Waals surface area contributed by atoms with Crippen LogP contribution in [0.2, 0.25) is 0 Å². The van der Waals surface area contributed by atoms with Crippen LogP contribution >= 0.6 is 11.3 Å². The summed E-state index contributed by atoms with van der Waals surface area (Å²) in [6.45, 7) is 1.19. The van der Waals surface area contributed by atoms with Gasteiger partial charge in [0.2, 0.25) is 5.82 Å². The summed E-state index contributed by atoms with van der Waals surface area (Å²) >= 11 is 1.46. The lowest BCUT2D eigenvalue weighted by Gasteiger charge is -2.18. The van der Waals surface area contributed by atoms with Crippen molar-refractivity contribution in [2.45, 2.75) is 13.5 Å². The van der Waals surface area contributed by atoms with E-state index in [4.69, 9.17) is 9.26 Å². The minimum absolute atomic E-state index is 0.0466. The van der Waals surface area contributed by atoms with Gasteiger partial charge in [0.05, 0.1) is 16.2 Å². The molecule has 0 fully saturated rings. The minimum atomic E-state index is -3.77. The molecule has 3 heterocycles. The molecule has 126 valence electrons. The van der Waals surface area contributed by atoms with Gasteiger partial charge in [-0.1, -0.05) is 11.2 Å². The third-order valence-corrected chi connectivity index (χ3v) is 5.28. The van der Waals surface area contributed by atoms with Gasteiger partial charge in [-0.25, -0.2) is 4.79 Å². The number of rotatable bonds is 4. The smallest absolute Gasteiger partial charge is 0.344 e. The Bertz CT molecular complexity index is 927. The fraction of sp³-hybridized carbons (Fsp3) is 0.231. The zero-order chi connectivity index (χ0) is 17.3. The number of hydrogen-bond donors (Lipinski definition) is 0. The van der Waals surface area contributed by atoms with Crippen molar-refractivity contribution in [2.24, 2.45) is 4.40 Å². The van der Waals surface area contributed by atoms with E-state index in [2.05, 4.69) is 14.5 Å². The summed E-state index contributed by atoms with van der Waals surface area (Å²) in [5.74, 6) is -0.177. The Hall–Kier alpha value is -2.53. The minimum Gasteiger partial charge on any atom is -0.452 e. The second kappa shape index (κ2) is 6.17. The molecule has 11 heteroatoms. The molecular weight excluding hydrogens is 356 g/mol. The lowest BCUT2D eigenvalue weighted by atomic mass is 10.2. The number of carbonyl (C=O) groups excluding carboxylic acids is 1. The normalized spacial score (nSPS) is 16.5. The second-order valence-electron chi connectivity index (χ2n) is 4.78. The van der Waals surface area contributed by atoms with Crippen molar-refractivity contribution in [3.05, 3.63) is 35.2 Å². The Morgan fingerprint density at radius 3 is 2.96 bits per heavy atom. The Balaban J connectivity index is 1.67. The zero-order valence-corrected chi connectivity index (χ0v) is 14.3. The highest BCUT2D eigenvalue weighted by molar-refractivity contribution is 7.88. The van der Waals surface area contributed by atoms with Crippen molar-refractivity contribution in [2.75, 3.05) is 7.05 Å². The van der Waals surface area contributed by atoms with E-state index in [1.165, 1.54) is 25.3 Å². The monoisotopic (exact) mass is 368 g/mol. The number of esters is 1. The van der Waals surface area contributed by atoms with Gasteiger partial charge in [-0.05, 0) is 18.4 Å². The van der Waals surface area contributed by atoms with Crippen molar-refractivity contribution < 1.29 is 22.5 Å². The maximum Gasteiger partial charge on any atom is 0.344 e. The van der Waals surface area contributed by atoms with Gasteiger partial charge >= 0.3 is 16.2 Å². The Morgan fingerprint density at radius 2 is 2.25 bits per heavy atom. The number of carbonyl (C=O) groups is 1. The molecular formula is C13H12N4O5S2. The van der Waals surface area contributed by atoms with E-state index < -0.39 is 16.2 Å². The molecule has 2 aromatic rings. The quantitative estimate of drug-likeness (QED) is 0.749. The van der Waals surface area contributed by atoms with Crippen molar-refractivity contribution in [3.8, 4) is 10.7 Å². The van der Waals surface area contributed by atoms with Crippen LogP contribution in [0.25, 0.3) is 10.7 Å². The van der Waals surface area contributed by atoms with Crippen molar-refractivity contribution >= 4 is 33.2 Å². The summed E-state index contributed by atoms with van der Waals surface area (Å²) < 4.78 is 37.6. The molecule has 0 aromatic carbocycles. The summed E-state index contributed by atoms with van der Waals surface area (Å²) in [5, 5.41) is 5.68. The van der Waals surface area contributed by atoms with Gasteiger partial charge in [0, 0.05) is 13.2 Å². The molecule has 0 saturated carbocycles. The molecule has 0 amide bonds.